The van der Waals surface area contributed by atoms with Crippen LogP contribution in [0.2, 0.25) is 0 Å². The van der Waals surface area contributed by atoms with Crippen molar-refractivity contribution in [3.63, 3.8) is 0 Å². The Kier molecular flexibility index (Phi) is 8.58. The fourth-order valence-electron chi connectivity index (χ4n) is 8.57. The molecule has 43 heavy (non-hydrogen) atoms. The Labute approximate surface area is 258 Å². The van der Waals surface area contributed by atoms with Gasteiger partial charge in [-0.1, -0.05) is 40.6 Å². The first-order valence-electron chi connectivity index (χ1n) is 16.2. The first kappa shape index (κ1) is 30.1. The fraction of sp³-hybridized carbons (Fsp3) is 0.611. The third kappa shape index (κ3) is 5.59. The van der Waals surface area contributed by atoms with E-state index in [1.807, 2.05) is 0 Å². The predicted octanol–water partition coefficient (Wildman–Crippen LogP) is 6.32. The van der Waals surface area contributed by atoms with Gasteiger partial charge < -0.3 is 24.2 Å². The Hall–Kier alpha value is -2.90. The molecular formula is C36H50N4O3. The Morgan fingerprint density at radius 1 is 0.698 bits per heavy atom. The van der Waals surface area contributed by atoms with E-state index < -0.39 is 0 Å². The highest BCUT2D eigenvalue weighted by atomic mass is 16.7. The van der Waals surface area contributed by atoms with Crippen molar-refractivity contribution in [2.24, 2.45) is 10.3 Å². The minimum Gasteiger partial charge on any atom is -0.496 e. The molecule has 4 atom stereocenters. The van der Waals surface area contributed by atoms with Gasteiger partial charge in [-0.3, -0.25) is 0 Å². The van der Waals surface area contributed by atoms with E-state index in [0.29, 0.717) is 25.3 Å². The molecule has 2 aliphatic carbocycles. The van der Waals surface area contributed by atoms with E-state index in [1.54, 1.807) is 7.11 Å². The molecule has 0 N–H and O–H groups in total. The van der Waals surface area contributed by atoms with E-state index >= 15 is 0 Å². The summed E-state index contributed by atoms with van der Waals surface area (Å²) < 4.78 is 5.67. The standard InChI is InChI=1S/C36H50N4O3/c1-25-7-9-28(21-27(25)3)35-13-11-30(23-33(35)39(4)17-15-35)37-42-19-20-43-38-31-12-14-36(16-18-40(5)34(36)24-31)29-10-8-26(2)32(22-29)41-6/h7-10,21-22,33-34H,11-20,23-24H2,1-6H3/t33-,34-,35-,36-/m0/s1. The number of benzene rings is 2. The summed E-state index contributed by atoms with van der Waals surface area (Å²) in [6, 6.07) is 14.8. The molecule has 232 valence electrons. The van der Waals surface area contributed by atoms with E-state index in [9.17, 15) is 0 Å². The summed E-state index contributed by atoms with van der Waals surface area (Å²) in [5.41, 5.74) is 9.54. The van der Waals surface area contributed by atoms with Crippen LogP contribution in [0.1, 0.15) is 79.2 Å². The quantitative estimate of drug-likeness (QED) is 0.268. The molecule has 0 aromatic heterocycles. The van der Waals surface area contributed by atoms with Crippen LogP contribution in [0.15, 0.2) is 46.7 Å². The number of aryl methyl sites for hydroxylation is 3. The van der Waals surface area contributed by atoms with Crippen molar-refractivity contribution in [3.05, 3.63) is 64.2 Å². The second-order valence-corrected chi connectivity index (χ2v) is 13.7. The molecule has 7 nitrogen and oxygen atoms in total. The molecule has 4 fully saturated rings. The molecule has 7 heteroatoms. The number of oxime groups is 2. The lowest BCUT2D eigenvalue weighted by Gasteiger charge is -2.42. The van der Waals surface area contributed by atoms with Gasteiger partial charge in [0.1, 0.15) is 5.75 Å². The van der Waals surface area contributed by atoms with Crippen LogP contribution in [0.25, 0.3) is 0 Å². The number of ether oxygens (including phenoxy) is 1. The van der Waals surface area contributed by atoms with Gasteiger partial charge in [0.25, 0.3) is 0 Å². The molecule has 2 saturated heterocycles. The lowest BCUT2D eigenvalue weighted by molar-refractivity contribution is 0.0514. The van der Waals surface area contributed by atoms with Gasteiger partial charge in [-0.15, -0.1) is 0 Å². The molecule has 4 aliphatic rings. The molecule has 0 unspecified atom stereocenters. The molecule has 2 heterocycles. The molecule has 0 amide bonds. The largest absolute Gasteiger partial charge is 0.496 e. The number of nitrogens with zero attached hydrogens (tertiary/aromatic N) is 4. The molecule has 0 radical (unpaired) electrons. The van der Waals surface area contributed by atoms with Gasteiger partial charge in [-0.2, -0.15) is 0 Å². The van der Waals surface area contributed by atoms with Gasteiger partial charge in [0.05, 0.1) is 18.5 Å². The summed E-state index contributed by atoms with van der Waals surface area (Å²) in [4.78, 5) is 16.6. The summed E-state index contributed by atoms with van der Waals surface area (Å²) in [7, 11) is 6.28. The van der Waals surface area contributed by atoms with Crippen molar-refractivity contribution in [1.29, 1.82) is 0 Å². The van der Waals surface area contributed by atoms with Crippen LogP contribution in [0.4, 0.5) is 0 Å². The highest BCUT2D eigenvalue weighted by Gasteiger charge is 2.51. The van der Waals surface area contributed by atoms with Crippen molar-refractivity contribution < 1.29 is 14.4 Å². The number of likely N-dealkylation sites (N-methyl/N-ethyl adjacent to an activating group) is 2. The maximum Gasteiger partial charge on any atom is 0.153 e. The van der Waals surface area contributed by atoms with Crippen molar-refractivity contribution in [1.82, 2.24) is 9.80 Å². The molecule has 2 aromatic carbocycles. The van der Waals surface area contributed by atoms with Gasteiger partial charge in [-0.25, -0.2) is 0 Å². The van der Waals surface area contributed by atoms with Crippen LogP contribution in [-0.2, 0) is 20.5 Å². The summed E-state index contributed by atoms with van der Waals surface area (Å²) in [5, 5.41) is 9.15. The number of rotatable bonds is 8. The summed E-state index contributed by atoms with van der Waals surface area (Å²) in [6.45, 7) is 9.61. The first-order valence-corrected chi connectivity index (χ1v) is 16.2. The Bertz CT molecular complexity index is 1390. The first-order chi connectivity index (χ1) is 20.8. The van der Waals surface area contributed by atoms with Crippen molar-refractivity contribution in [3.8, 4) is 5.75 Å². The monoisotopic (exact) mass is 586 g/mol. The maximum absolute atomic E-state index is 5.77. The van der Waals surface area contributed by atoms with Crippen LogP contribution in [0.5, 0.6) is 5.75 Å². The average molecular weight is 587 g/mol. The van der Waals surface area contributed by atoms with Gasteiger partial charge >= 0.3 is 0 Å². The van der Waals surface area contributed by atoms with Crippen LogP contribution < -0.4 is 4.74 Å². The Balaban J connectivity index is 1.01. The zero-order chi connectivity index (χ0) is 30.2. The lowest BCUT2D eigenvalue weighted by Crippen LogP contribution is -2.46. The smallest absolute Gasteiger partial charge is 0.153 e. The van der Waals surface area contributed by atoms with Crippen molar-refractivity contribution in [2.75, 3.05) is 47.5 Å². The number of hydrogen-bond acceptors (Lipinski definition) is 7. The summed E-state index contributed by atoms with van der Waals surface area (Å²) in [5.74, 6) is 0.982. The van der Waals surface area contributed by atoms with Crippen LogP contribution in [0.3, 0.4) is 0 Å². The van der Waals surface area contributed by atoms with Gasteiger partial charge in [0.15, 0.2) is 13.2 Å². The molecule has 2 saturated carbocycles. The number of hydrogen-bond donors (Lipinski definition) is 0. The van der Waals surface area contributed by atoms with Crippen LogP contribution in [-0.4, -0.2) is 80.8 Å². The normalized spacial score (nSPS) is 31.3. The summed E-state index contributed by atoms with van der Waals surface area (Å²) in [6.07, 6.45) is 8.46. The predicted molar refractivity (Wildman–Crippen MR) is 174 cm³/mol. The van der Waals surface area contributed by atoms with Crippen molar-refractivity contribution >= 4 is 11.4 Å². The second-order valence-electron chi connectivity index (χ2n) is 13.7. The SMILES string of the molecule is COc1cc([C@@]23CCC(=NOCCON=C4CC[C@@]5(c6ccc(C)c(C)c6)CCN(C)[C@H]5C4)C[C@@H]2N(C)CC3)ccc1C. The van der Waals surface area contributed by atoms with E-state index in [4.69, 9.17) is 14.4 Å². The van der Waals surface area contributed by atoms with Gasteiger partial charge in [0.2, 0.25) is 0 Å². The topological polar surface area (TPSA) is 58.9 Å². The Morgan fingerprint density at radius 2 is 1.21 bits per heavy atom. The van der Waals surface area contributed by atoms with E-state index in [0.717, 1.165) is 63.1 Å². The zero-order valence-electron chi connectivity index (χ0n) is 27.1. The van der Waals surface area contributed by atoms with E-state index in [2.05, 4.69) is 91.4 Å². The van der Waals surface area contributed by atoms with Gasteiger partial charge in [-0.05, 0) is 120 Å². The Morgan fingerprint density at radius 3 is 1.72 bits per heavy atom. The van der Waals surface area contributed by atoms with Crippen LogP contribution in [0, 0.1) is 20.8 Å². The number of fused-ring (bicyclic) bond motifs is 2. The minimum absolute atomic E-state index is 0.150. The highest BCUT2D eigenvalue weighted by molar-refractivity contribution is 5.86. The molecule has 2 aromatic rings. The minimum atomic E-state index is 0.150. The number of likely N-dealkylation sites (tertiary alicyclic amines) is 2. The summed E-state index contributed by atoms with van der Waals surface area (Å²) >= 11 is 0. The molecule has 0 bridgehead atoms. The maximum atomic E-state index is 5.77. The van der Waals surface area contributed by atoms with E-state index in [1.165, 1.54) is 46.4 Å². The molecule has 0 spiro atoms. The van der Waals surface area contributed by atoms with Crippen LogP contribution >= 0.6 is 0 Å². The third-order valence-electron chi connectivity index (χ3n) is 11.5. The molecule has 2 aliphatic heterocycles. The zero-order valence-corrected chi connectivity index (χ0v) is 27.1. The lowest BCUT2D eigenvalue weighted by atomic mass is 9.65. The molecular weight excluding hydrogens is 536 g/mol. The third-order valence-corrected chi connectivity index (χ3v) is 11.5. The highest BCUT2D eigenvalue weighted by Crippen LogP contribution is 2.49. The van der Waals surface area contributed by atoms with E-state index in [-0.39, 0.29) is 10.8 Å². The van der Waals surface area contributed by atoms with Crippen molar-refractivity contribution in [2.45, 2.75) is 95.1 Å². The number of methoxy groups -OCH3 is 1. The molecule has 6 rings (SSSR count). The average Bonchev–Trinajstić information content (AvgIpc) is 3.54. The van der Waals surface area contributed by atoms with Gasteiger partial charge in [0, 0.05) is 35.8 Å². The fourth-order valence-corrected chi connectivity index (χ4v) is 8.57. The second kappa shape index (κ2) is 12.2.